The Kier molecular flexibility index (Phi) is 6.86. The summed E-state index contributed by atoms with van der Waals surface area (Å²) in [5.41, 5.74) is 16.3. The van der Waals surface area contributed by atoms with E-state index in [2.05, 4.69) is 77.9 Å². The minimum absolute atomic E-state index is 0.414. The number of amidine groups is 1. The molecular formula is C33H35N9. The van der Waals surface area contributed by atoms with Gasteiger partial charge >= 0.3 is 0 Å². The summed E-state index contributed by atoms with van der Waals surface area (Å²) in [7, 11) is 7.93. The number of nitrogens with two attached hydrogens (primary N) is 1. The third-order valence-electron chi connectivity index (χ3n) is 7.57. The lowest BCUT2D eigenvalue weighted by atomic mass is 9.97. The lowest BCUT2D eigenvalue weighted by Gasteiger charge is -2.33. The van der Waals surface area contributed by atoms with Gasteiger partial charge in [0.15, 0.2) is 5.84 Å². The van der Waals surface area contributed by atoms with Crippen LogP contribution in [0.1, 0.15) is 42.0 Å². The van der Waals surface area contributed by atoms with E-state index in [1.807, 2.05) is 57.4 Å². The minimum Gasteiger partial charge on any atom is -0.399 e. The molecule has 0 saturated heterocycles. The van der Waals surface area contributed by atoms with Crippen molar-refractivity contribution in [3.8, 4) is 0 Å². The number of rotatable bonds is 7. The van der Waals surface area contributed by atoms with Crippen molar-refractivity contribution < 1.29 is 0 Å². The van der Waals surface area contributed by atoms with E-state index in [-0.39, 0.29) is 0 Å². The van der Waals surface area contributed by atoms with Gasteiger partial charge in [0.2, 0.25) is 11.9 Å². The molecule has 0 aliphatic carbocycles. The molecule has 0 fully saturated rings. The summed E-state index contributed by atoms with van der Waals surface area (Å²) in [4.78, 5) is 23.9. The zero-order chi connectivity index (χ0) is 29.5. The Bertz CT molecular complexity index is 1690. The highest BCUT2D eigenvalue weighted by molar-refractivity contribution is 6.27. The third kappa shape index (κ3) is 4.83. The molecule has 9 nitrogen and oxygen atoms in total. The van der Waals surface area contributed by atoms with Gasteiger partial charge in [0.25, 0.3) is 0 Å². The second-order valence-corrected chi connectivity index (χ2v) is 10.9. The number of hydrogen-bond donors (Lipinski definition) is 3. The van der Waals surface area contributed by atoms with Crippen LogP contribution >= 0.6 is 0 Å². The second-order valence-electron chi connectivity index (χ2n) is 10.9. The van der Waals surface area contributed by atoms with E-state index < -0.39 is 0 Å². The maximum Gasteiger partial charge on any atom is 0.239 e. The van der Waals surface area contributed by atoms with E-state index in [1.165, 1.54) is 5.56 Å². The van der Waals surface area contributed by atoms with E-state index in [0.717, 1.165) is 50.9 Å². The Morgan fingerprint density at radius 3 is 2.14 bits per heavy atom. The molecule has 3 aromatic carbocycles. The van der Waals surface area contributed by atoms with Crippen LogP contribution in [0.15, 0.2) is 98.5 Å². The van der Waals surface area contributed by atoms with E-state index >= 15 is 0 Å². The van der Waals surface area contributed by atoms with Crippen molar-refractivity contribution in [3.63, 3.8) is 0 Å². The summed E-state index contributed by atoms with van der Waals surface area (Å²) in [6, 6.07) is 20.3. The fourth-order valence-corrected chi connectivity index (χ4v) is 5.14. The summed E-state index contributed by atoms with van der Waals surface area (Å²) in [5, 5.41) is 6.72. The van der Waals surface area contributed by atoms with Crippen molar-refractivity contribution in [2.45, 2.75) is 19.8 Å². The predicted octanol–water partition coefficient (Wildman–Crippen LogP) is 5.76. The molecule has 0 atom stereocenters. The van der Waals surface area contributed by atoms with Crippen LogP contribution in [-0.2, 0) is 0 Å². The maximum absolute atomic E-state index is 5.96. The molecule has 0 unspecified atom stereocenters. The number of nitrogens with zero attached hydrogens (tertiary/aromatic N) is 6. The highest BCUT2D eigenvalue weighted by Gasteiger charge is 2.33. The molecule has 0 bridgehead atoms. The highest BCUT2D eigenvalue weighted by Crippen LogP contribution is 2.36. The van der Waals surface area contributed by atoms with Gasteiger partial charge in [-0.05, 0) is 72.2 Å². The number of hydrogen-bond acceptors (Lipinski definition) is 9. The monoisotopic (exact) mass is 557 g/mol. The SMILES string of the molecule is CNc1cc(N(C)C)ccc1C1=CC2=CC(c3ccc(C(C)C)cc3NC)=NC3=NC(c4ccc(N)cc4)=NC(=N1)N23. The van der Waals surface area contributed by atoms with E-state index in [9.17, 15) is 0 Å². The van der Waals surface area contributed by atoms with Crippen LogP contribution in [0.2, 0.25) is 0 Å². The number of allylic oxidation sites excluding steroid dienone is 2. The first-order chi connectivity index (χ1) is 20.2. The van der Waals surface area contributed by atoms with E-state index in [0.29, 0.717) is 29.4 Å². The molecule has 0 radical (unpaired) electrons. The van der Waals surface area contributed by atoms with Gasteiger partial charge in [-0.15, -0.1) is 0 Å². The summed E-state index contributed by atoms with van der Waals surface area (Å²) in [6.07, 6.45) is 4.15. The van der Waals surface area contributed by atoms with Crippen LogP contribution in [-0.4, -0.2) is 56.6 Å². The summed E-state index contributed by atoms with van der Waals surface area (Å²) < 4.78 is 0. The van der Waals surface area contributed by atoms with Gasteiger partial charge in [-0.2, -0.15) is 9.98 Å². The van der Waals surface area contributed by atoms with Crippen molar-refractivity contribution in [1.29, 1.82) is 0 Å². The molecule has 6 rings (SSSR count). The Morgan fingerprint density at radius 2 is 1.45 bits per heavy atom. The molecule has 3 aliphatic heterocycles. The Hall–Kier alpha value is -5.18. The zero-order valence-electron chi connectivity index (χ0n) is 24.8. The summed E-state index contributed by atoms with van der Waals surface area (Å²) >= 11 is 0. The molecule has 42 heavy (non-hydrogen) atoms. The molecule has 3 aromatic rings. The van der Waals surface area contributed by atoms with E-state index in [1.54, 1.807) is 0 Å². The number of guanidine groups is 2. The average molecular weight is 558 g/mol. The van der Waals surface area contributed by atoms with Crippen molar-refractivity contribution in [1.82, 2.24) is 4.90 Å². The first-order valence-electron chi connectivity index (χ1n) is 14.0. The number of nitrogen functional groups attached to an aromatic ring is 1. The first kappa shape index (κ1) is 27.0. The van der Waals surface area contributed by atoms with Gasteiger partial charge in [-0.1, -0.05) is 26.0 Å². The summed E-state index contributed by atoms with van der Waals surface area (Å²) in [6.45, 7) is 4.39. The fourth-order valence-electron chi connectivity index (χ4n) is 5.14. The lowest BCUT2D eigenvalue weighted by molar-refractivity contribution is 0.736. The van der Waals surface area contributed by atoms with Crippen LogP contribution in [0.3, 0.4) is 0 Å². The van der Waals surface area contributed by atoms with Crippen molar-refractivity contribution in [2.75, 3.05) is 49.5 Å². The minimum atomic E-state index is 0.414. The molecule has 212 valence electrons. The molecule has 0 aromatic heterocycles. The number of benzene rings is 3. The molecule has 0 amide bonds. The predicted molar refractivity (Wildman–Crippen MR) is 177 cm³/mol. The van der Waals surface area contributed by atoms with Gasteiger partial charge in [-0.25, -0.2) is 14.9 Å². The molecule has 0 spiro atoms. The molecule has 3 aliphatic rings. The van der Waals surface area contributed by atoms with Gasteiger partial charge in [0, 0.05) is 67.6 Å². The summed E-state index contributed by atoms with van der Waals surface area (Å²) in [5.74, 6) is 1.98. The molecule has 0 saturated carbocycles. The van der Waals surface area contributed by atoms with Crippen LogP contribution in [0, 0.1) is 0 Å². The maximum atomic E-state index is 5.96. The van der Waals surface area contributed by atoms with Crippen LogP contribution in [0.4, 0.5) is 22.7 Å². The van der Waals surface area contributed by atoms with Crippen molar-refractivity contribution in [2.24, 2.45) is 20.0 Å². The van der Waals surface area contributed by atoms with Crippen molar-refractivity contribution in [3.05, 3.63) is 101 Å². The van der Waals surface area contributed by atoms with Crippen LogP contribution in [0.25, 0.3) is 5.70 Å². The third-order valence-corrected chi connectivity index (χ3v) is 7.57. The number of anilines is 4. The highest BCUT2D eigenvalue weighted by atomic mass is 15.4. The van der Waals surface area contributed by atoms with Gasteiger partial charge < -0.3 is 21.3 Å². The van der Waals surface area contributed by atoms with Gasteiger partial charge in [0.1, 0.15) is 0 Å². The van der Waals surface area contributed by atoms with E-state index in [4.69, 9.17) is 25.7 Å². The van der Waals surface area contributed by atoms with Crippen LogP contribution < -0.4 is 21.3 Å². The fraction of sp³-hybridized carbons (Fsp3) is 0.212. The quantitative estimate of drug-likeness (QED) is 0.321. The Balaban J connectivity index is 1.54. The van der Waals surface area contributed by atoms with Gasteiger partial charge in [0.05, 0.1) is 17.1 Å². The van der Waals surface area contributed by atoms with Crippen molar-refractivity contribution >= 4 is 51.9 Å². The lowest BCUT2D eigenvalue weighted by Crippen LogP contribution is -2.42. The Morgan fingerprint density at radius 1 is 0.762 bits per heavy atom. The number of nitrogens with one attached hydrogen (secondary N) is 2. The smallest absolute Gasteiger partial charge is 0.239 e. The topological polar surface area (TPSA) is 106 Å². The average Bonchev–Trinajstić information content (AvgIpc) is 3.00. The standard InChI is InChI=1S/C33H35N9/c1-19(2)21-9-13-25(27(15-21)35-3)29-17-24-18-30(26-14-12-23(41(5)6)16-28(26)36-4)38-33-40-31(39-32(37-29)42(24)33)20-7-10-22(34)11-8-20/h7-19,35-36H,34H2,1-6H3. The largest absolute Gasteiger partial charge is 0.399 e. The molecular weight excluding hydrogens is 522 g/mol. The van der Waals surface area contributed by atoms with Crippen LogP contribution in [0.5, 0.6) is 0 Å². The number of aliphatic imine (C=N–C) groups is 4. The zero-order valence-corrected chi connectivity index (χ0v) is 24.8. The first-order valence-corrected chi connectivity index (χ1v) is 14.0. The molecule has 4 N–H and O–H groups in total. The Labute approximate surface area is 246 Å². The van der Waals surface area contributed by atoms with Gasteiger partial charge in [-0.3, -0.25) is 0 Å². The normalized spacial score (nSPS) is 15.5. The molecule has 9 heteroatoms. The second kappa shape index (κ2) is 10.7. The molecule has 3 heterocycles.